The van der Waals surface area contributed by atoms with Crippen LogP contribution in [-0.2, 0) is 0 Å². The Morgan fingerprint density at radius 2 is 2.33 bits per heavy atom. The van der Waals surface area contributed by atoms with E-state index in [1.165, 1.54) is 0 Å². The zero-order chi connectivity index (χ0) is 9.14. The Labute approximate surface area is 72.3 Å². The van der Waals surface area contributed by atoms with Crippen LogP contribution < -0.4 is 0 Å². The fourth-order valence-corrected chi connectivity index (χ4v) is 0.932. The highest BCUT2D eigenvalue weighted by Crippen LogP contribution is 2.25. The molecule has 3 nitrogen and oxygen atoms in total. The van der Waals surface area contributed by atoms with E-state index in [1.54, 1.807) is 6.33 Å². The molecular formula is C9H13N3. The number of hydrogen-bond donors (Lipinski definition) is 1. The van der Waals surface area contributed by atoms with Gasteiger partial charge in [0.25, 0.3) is 0 Å². The summed E-state index contributed by atoms with van der Waals surface area (Å²) in [5.74, 6) is 1.03. The fraction of sp³-hybridized carbons (Fsp3) is 0.333. The number of allylic oxidation sites excluding steroid dienone is 1. The van der Waals surface area contributed by atoms with Crippen LogP contribution in [0.2, 0.25) is 0 Å². The van der Waals surface area contributed by atoms with Crippen molar-refractivity contribution in [2.24, 2.45) is 10.9 Å². The fourth-order valence-electron chi connectivity index (χ4n) is 0.932. The normalized spacial score (nSPS) is 10.2. The number of H-pyrrole nitrogens is 1. The summed E-state index contributed by atoms with van der Waals surface area (Å²) in [5, 5.41) is 0. The summed E-state index contributed by atoms with van der Waals surface area (Å²) < 4.78 is 0. The second-order valence-corrected chi connectivity index (χ2v) is 2.94. The molecular weight excluding hydrogens is 150 g/mol. The van der Waals surface area contributed by atoms with Crippen molar-refractivity contribution in [2.75, 3.05) is 0 Å². The largest absolute Gasteiger partial charge is 0.343 e. The summed E-state index contributed by atoms with van der Waals surface area (Å²) in [4.78, 5) is 10.8. The van der Waals surface area contributed by atoms with Crippen molar-refractivity contribution in [2.45, 2.75) is 13.8 Å². The highest BCUT2D eigenvalue weighted by atomic mass is 15.0. The molecule has 0 saturated heterocycles. The lowest BCUT2D eigenvalue weighted by Crippen LogP contribution is -1.92. The van der Waals surface area contributed by atoms with E-state index in [-0.39, 0.29) is 0 Å². The molecule has 0 aliphatic carbocycles. The number of aliphatic imine (C=N–C) groups is 1. The Bertz CT molecular complexity index is 296. The third-order valence-electron chi connectivity index (χ3n) is 1.79. The van der Waals surface area contributed by atoms with Gasteiger partial charge in [0.15, 0.2) is 5.82 Å². The summed E-state index contributed by atoms with van der Waals surface area (Å²) in [6, 6.07) is 0. The quantitative estimate of drug-likeness (QED) is 0.683. The molecule has 1 aromatic heterocycles. The lowest BCUT2D eigenvalue weighted by molar-refractivity contribution is 0.853. The molecule has 0 fully saturated rings. The molecule has 0 saturated carbocycles. The summed E-state index contributed by atoms with van der Waals surface area (Å²) in [7, 11) is 0. The van der Waals surface area contributed by atoms with Crippen LogP contribution >= 0.6 is 0 Å². The molecule has 12 heavy (non-hydrogen) atoms. The summed E-state index contributed by atoms with van der Waals surface area (Å²) in [5.41, 5.74) is 1.90. The number of aromatic amines is 1. The second kappa shape index (κ2) is 3.34. The molecule has 0 amide bonds. The van der Waals surface area contributed by atoms with E-state index in [0.29, 0.717) is 11.7 Å². The molecule has 0 atom stereocenters. The molecule has 1 rings (SSSR count). The number of aromatic nitrogens is 2. The van der Waals surface area contributed by atoms with Crippen LogP contribution in [0, 0.1) is 5.92 Å². The second-order valence-electron chi connectivity index (χ2n) is 2.94. The first-order chi connectivity index (χ1) is 5.66. The van der Waals surface area contributed by atoms with Crippen LogP contribution in [0.4, 0.5) is 5.82 Å². The van der Waals surface area contributed by atoms with E-state index >= 15 is 0 Å². The maximum absolute atomic E-state index is 3.99. The molecule has 1 N–H and O–H groups in total. The Morgan fingerprint density at radius 3 is 2.83 bits per heavy atom. The molecule has 0 radical (unpaired) electrons. The topological polar surface area (TPSA) is 41.0 Å². The lowest BCUT2D eigenvalue weighted by Gasteiger charge is -2.06. The molecule has 0 spiro atoms. The van der Waals surface area contributed by atoms with Gasteiger partial charge in [0.2, 0.25) is 0 Å². The Hall–Kier alpha value is -1.38. The summed E-state index contributed by atoms with van der Waals surface area (Å²) in [6.45, 7) is 11.5. The van der Waals surface area contributed by atoms with Crippen LogP contribution in [-0.4, -0.2) is 16.7 Å². The Morgan fingerprint density at radius 1 is 1.67 bits per heavy atom. The Kier molecular flexibility index (Phi) is 2.43. The van der Waals surface area contributed by atoms with Gasteiger partial charge in [0.1, 0.15) is 0 Å². The molecule has 1 aromatic rings. The van der Waals surface area contributed by atoms with Gasteiger partial charge >= 0.3 is 0 Å². The first kappa shape index (κ1) is 8.71. The number of hydrogen-bond acceptors (Lipinski definition) is 2. The van der Waals surface area contributed by atoms with Crippen LogP contribution in [0.1, 0.15) is 19.5 Å². The van der Waals surface area contributed by atoms with Crippen molar-refractivity contribution >= 4 is 18.1 Å². The van der Waals surface area contributed by atoms with Gasteiger partial charge in [-0.25, -0.2) is 9.98 Å². The molecule has 1 heterocycles. The van der Waals surface area contributed by atoms with Crippen LogP contribution in [0.15, 0.2) is 17.9 Å². The van der Waals surface area contributed by atoms with Crippen molar-refractivity contribution in [1.82, 2.24) is 9.97 Å². The van der Waals surface area contributed by atoms with Gasteiger partial charge in [-0.15, -0.1) is 0 Å². The van der Waals surface area contributed by atoms with Crippen molar-refractivity contribution in [1.29, 1.82) is 0 Å². The summed E-state index contributed by atoms with van der Waals surface area (Å²) >= 11 is 0. The smallest absolute Gasteiger partial charge is 0.177 e. The summed E-state index contributed by atoms with van der Waals surface area (Å²) in [6.07, 6.45) is 1.60. The monoisotopic (exact) mass is 163 g/mol. The zero-order valence-corrected chi connectivity index (χ0v) is 7.46. The maximum atomic E-state index is 3.99. The van der Waals surface area contributed by atoms with E-state index in [4.69, 9.17) is 0 Å². The van der Waals surface area contributed by atoms with Gasteiger partial charge in [-0.1, -0.05) is 20.4 Å². The lowest BCUT2D eigenvalue weighted by atomic mass is 10.0. The molecule has 3 heteroatoms. The Balaban J connectivity index is 3.01. The van der Waals surface area contributed by atoms with Gasteiger partial charge in [0, 0.05) is 0 Å². The number of rotatable bonds is 3. The van der Waals surface area contributed by atoms with E-state index in [1.807, 2.05) is 0 Å². The minimum atomic E-state index is 0.394. The zero-order valence-electron chi connectivity index (χ0n) is 7.46. The molecule has 64 valence electrons. The average Bonchev–Trinajstić information content (AvgIpc) is 2.49. The van der Waals surface area contributed by atoms with Crippen molar-refractivity contribution in [3.8, 4) is 0 Å². The van der Waals surface area contributed by atoms with Gasteiger partial charge in [-0.3, -0.25) is 0 Å². The van der Waals surface area contributed by atoms with Gasteiger partial charge in [-0.2, -0.15) is 0 Å². The van der Waals surface area contributed by atoms with E-state index in [2.05, 4.69) is 42.1 Å². The van der Waals surface area contributed by atoms with Crippen LogP contribution in [0.3, 0.4) is 0 Å². The number of imidazole rings is 1. The third-order valence-corrected chi connectivity index (χ3v) is 1.79. The van der Waals surface area contributed by atoms with Crippen molar-refractivity contribution in [3.05, 3.63) is 18.6 Å². The highest BCUT2D eigenvalue weighted by molar-refractivity contribution is 5.70. The predicted molar refractivity (Wildman–Crippen MR) is 51.7 cm³/mol. The number of nitrogens with zero attached hydrogens (tertiary/aromatic N) is 2. The number of nitrogens with one attached hydrogen (secondary N) is 1. The SMILES string of the molecule is C=Nc1nc[nH]c1C(=C)C(C)C. The van der Waals surface area contributed by atoms with Crippen molar-refractivity contribution < 1.29 is 0 Å². The molecule has 0 aliphatic rings. The van der Waals surface area contributed by atoms with Gasteiger partial charge in [-0.05, 0) is 18.2 Å². The van der Waals surface area contributed by atoms with E-state index in [9.17, 15) is 0 Å². The van der Waals surface area contributed by atoms with Crippen molar-refractivity contribution in [3.63, 3.8) is 0 Å². The van der Waals surface area contributed by atoms with Gasteiger partial charge < -0.3 is 4.98 Å². The minimum Gasteiger partial charge on any atom is -0.343 e. The average molecular weight is 163 g/mol. The van der Waals surface area contributed by atoms with Crippen LogP contribution in [0.5, 0.6) is 0 Å². The first-order valence-electron chi connectivity index (χ1n) is 3.86. The third kappa shape index (κ3) is 1.44. The highest BCUT2D eigenvalue weighted by Gasteiger charge is 2.09. The predicted octanol–water partition coefficient (Wildman–Crippen LogP) is 2.41. The standard InChI is InChI=1S/C9H13N3/c1-6(2)7(3)8-9(10-4)12-5-11-8/h5-6H,3-4H2,1-2H3,(H,11,12). The maximum Gasteiger partial charge on any atom is 0.177 e. The molecule has 0 aliphatic heterocycles. The minimum absolute atomic E-state index is 0.394. The van der Waals surface area contributed by atoms with E-state index < -0.39 is 0 Å². The molecule has 0 bridgehead atoms. The van der Waals surface area contributed by atoms with E-state index in [0.717, 1.165) is 11.3 Å². The first-order valence-corrected chi connectivity index (χ1v) is 3.86. The van der Waals surface area contributed by atoms with Crippen LogP contribution in [0.25, 0.3) is 5.57 Å². The molecule has 0 aromatic carbocycles. The van der Waals surface area contributed by atoms with Gasteiger partial charge in [0.05, 0.1) is 12.0 Å². The molecule has 0 unspecified atom stereocenters.